The zero-order valence-electron chi connectivity index (χ0n) is 11.3. The quantitative estimate of drug-likeness (QED) is 0.639. The highest BCUT2D eigenvalue weighted by Gasteiger charge is 2.09. The van der Waals surface area contributed by atoms with E-state index in [1.54, 1.807) is 30.3 Å². The van der Waals surface area contributed by atoms with E-state index in [1.807, 2.05) is 0 Å². The molecule has 0 fully saturated rings. The average Bonchev–Trinajstić information content (AvgIpc) is 2.46. The fourth-order valence-electron chi connectivity index (χ4n) is 1.81. The first kappa shape index (κ1) is 15.3. The van der Waals surface area contributed by atoms with E-state index in [4.69, 9.17) is 20.6 Å². The first-order valence-electron chi connectivity index (χ1n) is 6.10. The molecule has 0 radical (unpaired) electrons. The molecule has 0 aliphatic rings. The molecule has 6 heteroatoms. The number of ether oxygens (including phenoxy) is 2. The Bertz CT molecular complexity index is 677. The minimum Gasteiger partial charge on any atom is -0.496 e. The second-order valence-electron chi connectivity index (χ2n) is 4.31. The van der Waals surface area contributed by atoms with Gasteiger partial charge in [-0.05, 0) is 35.9 Å². The number of amidine groups is 1. The van der Waals surface area contributed by atoms with Crippen LogP contribution < -0.4 is 15.2 Å². The Hall–Kier alpha value is -2.08. The van der Waals surface area contributed by atoms with E-state index in [1.165, 1.54) is 13.2 Å². The van der Waals surface area contributed by atoms with Gasteiger partial charge < -0.3 is 15.2 Å². The smallest absolute Gasteiger partial charge is 0.166 e. The monoisotopic (exact) mass is 352 g/mol. The number of nitrogens with two attached hydrogens (primary N) is 1. The molecule has 0 unspecified atom stereocenters. The molecular formula is C15H14BrFN2O2. The van der Waals surface area contributed by atoms with Crippen LogP contribution in [-0.4, -0.2) is 12.9 Å². The van der Waals surface area contributed by atoms with Gasteiger partial charge >= 0.3 is 0 Å². The van der Waals surface area contributed by atoms with Crippen molar-refractivity contribution in [3.8, 4) is 11.5 Å². The highest BCUT2D eigenvalue weighted by atomic mass is 79.9. The van der Waals surface area contributed by atoms with Gasteiger partial charge in [-0.25, -0.2) is 4.39 Å². The number of nitrogen functional groups attached to an aromatic ring is 1. The summed E-state index contributed by atoms with van der Waals surface area (Å²) in [5, 5.41) is 7.52. The highest BCUT2D eigenvalue weighted by molar-refractivity contribution is 9.10. The van der Waals surface area contributed by atoms with Crippen molar-refractivity contribution in [3.05, 3.63) is 57.8 Å². The molecule has 0 aromatic heterocycles. The molecule has 110 valence electrons. The minimum atomic E-state index is -0.440. The summed E-state index contributed by atoms with van der Waals surface area (Å²) in [4.78, 5) is 0. The molecule has 0 amide bonds. The van der Waals surface area contributed by atoms with Crippen LogP contribution in [0.3, 0.4) is 0 Å². The Morgan fingerprint density at radius 2 is 1.95 bits per heavy atom. The number of methoxy groups -OCH3 is 1. The lowest BCUT2D eigenvalue weighted by Gasteiger charge is -2.11. The number of halogens is 2. The Morgan fingerprint density at radius 1 is 1.24 bits per heavy atom. The molecular weight excluding hydrogens is 339 g/mol. The summed E-state index contributed by atoms with van der Waals surface area (Å²) in [6.07, 6.45) is 0. The maximum Gasteiger partial charge on any atom is 0.166 e. The van der Waals surface area contributed by atoms with Crippen molar-refractivity contribution in [3.63, 3.8) is 0 Å². The summed E-state index contributed by atoms with van der Waals surface area (Å²) >= 11 is 3.19. The molecule has 0 spiro atoms. The van der Waals surface area contributed by atoms with Gasteiger partial charge in [0.2, 0.25) is 0 Å². The molecule has 21 heavy (non-hydrogen) atoms. The van der Waals surface area contributed by atoms with Crippen LogP contribution in [-0.2, 0) is 6.61 Å². The predicted octanol–water partition coefficient (Wildman–Crippen LogP) is 3.46. The molecule has 0 atom stereocenters. The lowest BCUT2D eigenvalue weighted by molar-refractivity contribution is 0.290. The Labute approximate surface area is 130 Å². The zero-order chi connectivity index (χ0) is 15.4. The lowest BCUT2D eigenvalue weighted by Crippen LogP contribution is -2.13. The van der Waals surface area contributed by atoms with Crippen LogP contribution in [0.2, 0.25) is 0 Å². The maximum absolute atomic E-state index is 13.7. The first-order valence-corrected chi connectivity index (χ1v) is 6.89. The number of hydrogen-bond acceptors (Lipinski definition) is 3. The van der Waals surface area contributed by atoms with Gasteiger partial charge in [-0.3, -0.25) is 5.41 Å². The molecule has 2 aromatic rings. The third-order valence-corrected chi connectivity index (χ3v) is 3.34. The molecule has 0 saturated heterocycles. The molecule has 4 nitrogen and oxygen atoms in total. The van der Waals surface area contributed by atoms with E-state index in [2.05, 4.69) is 15.9 Å². The van der Waals surface area contributed by atoms with Crippen molar-refractivity contribution in [2.75, 3.05) is 7.11 Å². The Morgan fingerprint density at radius 3 is 2.57 bits per heavy atom. The van der Waals surface area contributed by atoms with Gasteiger partial charge in [-0.2, -0.15) is 0 Å². The molecule has 0 aliphatic heterocycles. The first-order chi connectivity index (χ1) is 10.0. The van der Waals surface area contributed by atoms with Crippen LogP contribution in [0.1, 0.15) is 11.1 Å². The Balaban J connectivity index is 2.16. The third-order valence-electron chi connectivity index (χ3n) is 2.84. The third kappa shape index (κ3) is 3.72. The maximum atomic E-state index is 13.7. The normalized spacial score (nSPS) is 10.2. The van der Waals surface area contributed by atoms with Crippen LogP contribution in [0, 0.1) is 11.2 Å². The van der Waals surface area contributed by atoms with E-state index in [9.17, 15) is 4.39 Å². The van der Waals surface area contributed by atoms with Crippen LogP contribution in [0.25, 0.3) is 0 Å². The molecule has 3 N–H and O–H groups in total. The van der Waals surface area contributed by atoms with Crippen molar-refractivity contribution >= 4 is 21.8 Å². The van der Waals surface area contributed by atoms with E-state index < -0.39 is 5.82 Å². The van der Waals surface area contributed by atoms with Crippen LogP contribution in [0.4, 0.5) is 4.39 Å². The van der Waals surface area contributed by atoms with Crippen molar-refractivity contribution in [2.24, 2.45) is 5.73 Å². The number of nitrogens with one attached hydrogen (secondary N) is 1. The molecule has 0 heterocycles. The molecule has 0 saturated carbocycles. The van der Waals surface area contributed by atoms with Gasteiger partial charge in [0.1, 0.15) is 18.2 Å². The largest absolute Gasteiger partial charge is 0.496 e. The molecule has 2 aromatic carbocycles. The predicted molar refractivity (Wildman–Crippen MR) is 82.4 cm³/mol. The summed E-state index contributed by atoms with van der Waals surface area (Å²) in [6.45, 7) is 0.169. The molecule has 0 bridgehead atoms. The van der Waals surface area contributed by atoms with Crippen molar-refractivity contribution < 1.29 is 13.9 Å². The van der Waals surface area contributed by atoms with Crippen molar-refractivity contribution in [1.29, 1.82) is 5.41 Å². The second-order valence-corrected chi connectivity index (χ2v) is 5.23. The standard InChI is InChI=1S/C15H14BrFN2O2/c1-20-13-4-2-9(6-11(13)15(18)19)8-21-14-5-3-10(16)7-12(14)17/h2-7H,8H2,1H3,(H3,18,19). The van der Waals surface area contributed by atoms with Crippen LogP contribution in [0.5, 0.6) is 11.5 Å². The van der Waals surface area contributed by atoms with Gasteiger partial charge in [0.05, 0.1) is 12.7 Å². The minimum absolute atomic E-state index is 0.0940. The van der Waals surface area contributed by atoms with E-state index >= 15 is 0 Å². The second kappa shape index (κ2) is 6.58. The van der Waals surface area contributed by atoms with Crippen molar-refractivity contribution in [1.82, 2.24) is 0 Å². The fourth-order valence-corrected chi connectivity index (χ4v) is 2.14. The SMILES string of the molecule is COc1ccc(COc2ccc(Br)cc2F)cc1C(=N)N. The summed E-state index contributed by atoms with van der Waals surface area (Å²) in [7, 11) is 1.51. The average molecular weight is 353 g/mol. The topological polar surface area (TPSA) is 68.3 Å². The summed E-state index contributed by atoms with van der Waals surface area (Å²) < 4.78 is 24.9. The number of hydrogen-bond donors (Lipinski definition) is 2. The molecule has 0 aliphatic carbocycles. The zero-order valence-corrected chi connectivity index (χ0v) is 12.9. The molecule has 2 rings (SSSR count). The lowest BCUT2D eigenvalue weighted by atomic mass is 10.1. The highest BCUT2D eigenvalue weighted by Crippen LogP contribution is 2.24. The van der Waals surface area contributed by atoms with Gasteiger partial charge in [-0.1, -0.05) is 22.0 Å². The van der Waals surface area contributed by atoms with Gasteiger partial charge in [0.25, 0.3) is 0 Å². The van der Waals surface area contributed by atoms with Crippen LogP contribution in [0.15, 0.2) is 40.9 Å². The van der Waals surface area contributed by atoms with Gasteiger partial charge in [-0.15, -0.1) is 0 Å². The van der Waals surface area contributed by atoms with E-state index in [0.29, 0.717) is 15.8 Å². The number of rotatable bonds is 5. The van der Waals surface area contributed by atoms with E-state index in [-0.39, 0.29) is 18.2 Å². The van der Waals surface area contributed by atoms with Gasteiger partial charge in [0, 0.05) is 4.47 Å². The summed E-state index contributed by atoms with van der Waals surface area (Å²) in [6, 6.07) is 9.76. The van der Waals surface area contributed by atoms with Crippen molar-refractivity contribution in [2.45, 2.75) is 6.61 Å². The Kier molecular flexibility index (Phi) is 4.80. The van der Waals surface area contributed by atoms with Crippen LogP contribution >= 0.6 is 15.9 Å². The number of benzene rings is 2. The summed E-state index contributed by atoms with van der Waals surface area (Å²) in [5.41, 5.74) is 6.75. The van der Waals surface area contributed by atoms with Gasteiger partial charge in [0.15, 0.2) is 11.6 Å². The summed E-state index contributed by atoms with van der Waals surface area (Å²) in [5.74, 6) is 0.146. The fraction of sp³-hybridized carbons (Fsp3) is 0.133. The van der Waals surface area contributed by atoms with E-state index in [0.717, 1.165) is 5.56 Å².